The van der Waals surface area contributed by atoms with Crippen LogP contribution in [0.5, 0.6) is 11.8 Å². The fraction of sp³-hybridized carbons (Fsp3) is 0.444. The monoisotopic (exact) mass is 505 g/mol. The van der Waals surface area contributed by atoms with Crippen LogP contribution in [0.3, 0.4) is 0 Å². The first-order valence-electron chi connectivity index (χ1n) is 12.8. The van der Waals surface area contributed by atoms with Gasteiger partial charge in [0.2, 0.25) is 11.8 Å². The molecule has 2 N–H and O–H groups in total. The summed E-state index contributed by atoms with van der Waals surface area (Å²) in [5, 5.41) is 27.7. The summed E-state index contributed by atoms with van der Waals surface area (Å²) in [6, 6.07) is 6.46. The van der Waals surface area contributed by atoms with Crippen LogP contribution in [0.4, 0.5) is 0 Å². The number of aliphatic hydroxyl groups excluding tert-OH is 1. The summed E-state index contributed by atoms with van der Waals surface area (Å²) >= 11 is 0. The van der Waals surface area contributed by atoms with E-state index in [4.69, 9.17) is 14.6 Å². The van der Waals surface area contributed by atoms with Crippen molar-refractivity contribution in [3.63, 3.8) is 0 Å². The maximum absolute atomic E-state index is 9.76. The van der Waals surface area contributed by atoms with Gasteiger partial charge in [-0.1, -0.05) is 6.07 Å². The van der Waals surface area contributed by atoms with E-state index >= 15 is 0 Å². The Morgan fingerprint density at radius 1 is 1.27 bits per heavy atom. The van der Waals surface area contributed by atoms with Crippen LogP contribution in [-0.4, -0.2) is 71.7 Å². The zero-order valence-corrected chi connectivity index (χ0v) is 22.1. The van der Waals surface area contributed by atoms with Crippen LogP contribution in [0.2, 0.25) is 0 Å². The third-order valence-electron chi connectivity index (χ3n) is 6.74. The van der Waals surface area contributed by atoms with Crippen molar-refractivity contribution >= 4 is 23.1 Å². The van der Waals surface area contributed by atoms with E-state index in [-0.39, 0.29) is 18.8 Å². The van der Waals surface area contributed by atoms with E-state index in [1.165, 1.54) is 0 Å². The number of H-pyrrole nitrogens is 1. The largest absolute Gasteiger partial charge is 0.476 e. The Kier molecular flexibility index (Phi) is 7.03. The summed E-state index contributed by atoms with van der Waals surface area (Å²) in [4.78, 5) is 2.35. The molecule has 5 rings (SSSR count). The quantitative estimate of drug-likeness (QED) is 0.426. The van der Waals surface area contributed by atoms with Crippen LogP contribution >= 0.6 is 0 Å². The van der Waals surface area contributed by atoms with Gasteiger partial charge in [0.1, 0.15) is 6.10 Å². The molecular formula is C27H35N7O3. The van der Waals surface area contributed by atoms with Gasteiger partial charge in [0.15, 0.2) is 0 Å². The summed E-state index contributed by atoms with van der Waals surface area (Å²) in [6.45, 7) is 10.6. The number of fused-ring (bicyclic) bond motifs is 4. The molecule has 1 aliphatic heterocycles. The standard InChI is InChI=1S/C27H35N7O3/c1-6-36-26-20-8-10-24-21-13-19(7-9-23(21)29-30-24)22-14-28-32(5)27(22)37-18(4)15-33(17(2)3)16-25(20)34(31-26)11-12-35/h7-10,13-14,17-18,35H,6,11-12,15-16H2,1-5H3,(H,29,30)/b10-8+/t18-/m0/s1. The molecule has 0 radical (unpaired) electrons. The van der Waals surface area contributed by atoms with Crippen LogP contribution < -0.4 is 9.47 Å². The average Bonchev–Trinajstić information content (AvgIpc) is 3.53. The second kappa shape index (κ2) is 10.4. The van der Waals surface area contributed by atoms with E-state index in [0.717, 1.165) is 44.9 Å². The van der Waals surface area contributed by atoms with Gasteiger partial charge < -0.3 is 14.6 Å². The van der Waals surface area contributed by atoms with Crippen molar-refractivity contribution in [3.8, 4) is 22.9 Å². The second-order valence-corrected chi connectivity index (χ2v) is 9.69. The highest BCUT2D eigenvalue weighted by Crippen LogP contribution is 2.34. The maximum Gasteiger partial charge on any atom is 0.240 e. The highest BCUT2D eigenvalue weighted by molar-refractivity contribution is 5.93. The summed E-state index contributed by atoms with van der Waals surface area (Å²) in [5.74, 6) is 1.29. The third kappa shape index (κ3) is 4.86. The summed E-state index contributed by atoms with van der Waals surface area (Å²) in [5.41, 5.74) is 5.59. The van der Waals surface area contributed by atoms with Gasteiger partial charge in [0.05, 0.1) is 54.0 Å². The molecule has 3 aromatic heterocycles. The molecule has 196 valence electrons. The average molecular weight is 506 g/mol. The van der Waals surface area contributed by atoms with Gasteiger partial charge in [-0.3, -0.25) is 14.7 Å². The highest BCUT2D eigenvalue weighted by Gasteiger charge is 2.24. The van der Waals surface area contributed by atoms with E-state index in [1.54, 1.807) is 4.68 Å². The fourth-order valence-electron chi connectivity index (χ4n) is 4.81. The lowest BCUT2D eigenvalue weighted by atomic mass is 10.1. The fourth-order valence-corrected chi connectivity index (χ4v) is 4.81. The molecule has 0 saturated heterocycles. The minimum Gasteiger partial charge on any atom is -0.476 e. The lowest BCUT2D eigenvalue weighted by Gasteiger charge is -2.30. The van der Waals surface area contributed by atoms with Crippen LogP contribution in [0, 0.1) is 0 Å². The molecule has 4 aromatic rings. The smallest absolute Gasteiger partial charge is 0.240 e. The zero-order chi connectivity index (χ0) is 26.1. The predicted octanol–water partition coefficient (Wildman–Crippen LogP) is 3.71. The summed E-state index contributed by atoms with van der Waals surface area (Å²) < 4.78 is 16.1. The number of nitrogens with zero attached hydrogens (tertiary/aromatic N) is 6. The third-order valence-corrected chi connectivity index (χ3v) is 6.74. The van der Waals surface area contributed by atoms with Gasteiger partial charge in [-0.25, -0.2) is 4.68 Å². The molecule has 0 aliphatic carbocycles. The number of benzene rings is 1. The van der Waals surface area contributed by atoms with Crippen molar-refractivity contribution in [2.24, 2.45) is 7.05 Å². The van der Waals surface area contributed by atoms with Crippen molar-refractivity contribution in [3.05, 3.63) is 41.3 Å². The Labute approximate surface area is 216 Å². The van der Waals surface area contributed by atoms with E-state index in [0.29, 0.717) is 32.1 Å². The minimum atomic E-state index is -0.102. The van der Waals surface area contributed by atoms with Crippen LogP contribution in [0.15, 0.2) is 24.4 Å². The van der Waals surface area contributed by atoms with Crippen LogP contribution in [0.1, 0.15) is 44.6 Å². The minimum absolute atomic E-state index is 0.0133. The van der Waals surface area contributed by atoms with E-state index in [2.05, 4.69) is 53.1 Å². The molecule has 10 heteroatoms. The maximum atomic E-state index is 9.76. The normalized spacial score (nSPS) is 17.3. The van der Waals surface area contributed by atoms with Crippen molar-refractivity contribution in [1.29, 1.82) is 0 Å². The van der Waals surface area contributed by atoms with Gasteiger partial charge in [-0.15, -0.1) is 5.10 Å². The lowest BCUT2D eigenvalue weighted by Crippen LogP contribution is -2.39. The van der Waals surface area contributed by atoms with E-state index in [9.17, 15) is 5.11 Å². The van der Waals surface area contributed by atoms with Gasteiger partial charge in [0.25, 0.3) is 0 Å². The number of nitrogens with one attached hydrogen (secondary N) is 1. The van der Waals surface area contributed by atoms with Gasteiger partial charge in [-0.2, -0.15) is 10.2 Å². The molecule has 4 heterocycles. The molecule has 0 fully saturated rings. The summed E-state index contributed by atoms with van der Waals surface area (Å²) in [6.07, 6.45) is 5.77. The van der Waals surface area contributed by atoms with Crippen molar-refractivity contribution in [1.82, 2.24) is 34.7 Å². The molecule has 1 aliphatic rings. The summed E-state index contributed by atoms with van der Waals surface area (Å²) in [7, 11) is 1.90. The number of rotatable bonds is 5. The molecule has 37 heavy (non-hydrogen) atoms. The Morgan fingerprint density at radius 2 is 2.11 bits per heavy atom. The Hall–Kier alpha value is -3.63. The van der Waals surface area contributed by atoms with Gasteiger partial charge >= 0.3 is 0 Å². The number of hydrogen-bond acceptors (Lipinski definition) is 7. The number of aryl methyl sites for hydroxylation is 1. The Bertz CT molecular complexity index is 1420. The topological polar surface area (TPSA) is 106 Å². The van der Waals surface area contributed by atoms with Crippen LogP contribution in [-0.2, 0) is 20.1 Å². The van der Waals surface area contributed by atoms with Crippen LogP contribution in [0.25, 0.3) is 34.2 Å². The molecule has 0 amide bonds. The first kappa shape index (κ1) is 25.0. The molecule has 0 spiro atoms. The zero-order valence-electron chi connectivity index (χ0n) is 22.1. The van der Waals surface area contributed by atoms with Crippen molar-refractivity contribution < 1.29 is 14.6 Å². The molecule has 1 atom stereocenters. The van der Waals surface area contributed by atoms with Crippen molar-refractivity contribution in [2.45, 2.75) is 52.9 Å². The van der Waals surface area contributed by atoms with Gasteiger partial charge in [-0.05, 0) is 57.5 Å². The second-order valence-electron chi connectivity index (χ2n) is 9.69. The first-order valence-corrected chi connectivity index (χ1v) is 12.8. The predicted molar refractivity (Wildman–Crippen MR) is 143 cm³/mol. The number of ether oxygens (including phenoxy) is 2. The molecule has 1 aromatic carbocycles. The molecule has 2 bridgehead atoms. The molecule has 0 unspecified atom stereocenters. The molecule has 10 nitrogen and oxygen atoms in total. The first-order chi connectivity index (χ1) is 17.9. The number of aromatic amines is 1. The Morgan fingerprint density at radius 3 is 2.86 bits per heavy atom. The number of aromatic nitrogens is 6. The Balaban J connectivity index is 1.71. The number of hydrogen-bond donors (Lipinski definition) is 2. The van der Waals surface area contributed by atoms with E-state index < -0.39 is 0 Å². The SMILES string of the molecule is CCOc1nn(CCO)c2c1/C=C/c1n[nH]c3ccc(cc13)-c1cnn(C)c1O[C@@H](C)CN(C(C)C)C2. The molecule has 0 saturated carbocycles. The molecular weight excluding hydrogens is 470 g/mol. The van der Waals surface area contributed by atoms with Crippen molar-refractivity contribution in [2.75, 3.05) is 19.8 Å². The highest BCUT2D eigenvalue weighted by atomic mass is 16.5. The lowest BCUT2D eigenvalue weighted by molar-refractivity contribution is 0.109. The van der Waals surface area contributed by atoms with E-state index in [1.807, 2.05) is 43.1 Å². The number of aliphatic hydroxyl groups is 1. The van der Waals surface area contributed by atoms with Gasteiger partial charge in [0, 0.05) is 31.6 Å².